The van der Waals surface area contributed by atoms with Crippen LogP contribution in [0.4, 0.5) is 0 Å². The second-order valence-corrected chi connectivity index (χ2v) is 5.38. The van der Waals surface area contributed by atoms with E-state index in [0.717, 1.165) is 24.8 Å². The van der Waals surface area contributed by atoms with Gasteiger partial charge in [0.05, 0.1) is 24.9 Å². The summed E-state index contributed by atoms with van der Waals surface area (Å²) in [7, 11) is 2.10. The first-order valence-electron chi connectivity index (χ1n) is 7.37. The van der Waals surface area contributed by atoms with Gasteiger partial charge in [-0.25, -0.2) is 4.79 Å². The Balaban J connectivity index is 2.06. The Morgan fingerprint density at radius 2 is 2.11 bits per heavy atom. The van der Waals surface area contributed by atoms with Gasteiger partial charge in [0.2, 0.25) is 0 Å². The fourth-order valence-corrected chi connectivity index (χ4v) is 2.93. The average Bonchev–Trinajstić information content (AvgIpc) is 3.07. The molecule has 0 aromatic carbocycles. The van der Waals surface area contributed by atoms with Crippen LogP contribution in [0.5, 0.6) is 0 Å². The third-order valence-corrected chi connectivity index (χ3v) is 4.23. The SMILES string of the molecule is CCOC(=O)C1=C[C@@H](OC(CC)CC)[C@H]2[C@@H](C1)N2C. The maximum absolute atomic E-state index is 11.9. The Hall–Kier alpha value is -0.870. The van der Waals surface area contributed by atoms with Gasteiger partial charge in [0.1, 0.15) is 0 Å². The van der Waals surface area contributed by atoms with Gasteiger partial charge in [0.25, 0.3) is 0 Å². The van der Waals surface area contributed by atoms with Gasteiger partial charge in [-0.1, -0.05) is 13.8 Å². The van der Waals surface area contributed by atoms with Crippen LogP contribution in [-0.4, -0.2) is 48.8 Å². The zero-order valence-electron chi connectivity index (χ0n) is 12.4. The topological polar surface area (TPSA) is 38.5 Å². The molecule has 19 heavy (non-hydrogen) atoms. The van der Waals surface area contributed by atoms with Gasteiger partial charge < -0.3 is 9.47 Å². The fourth-order valence-electron chi connectivity index (χ4n) is 2.93. The van der Waals surface area contributed by atoms with Gasteiger partial charge in [0.15, 0.2) is 0 Å². The number of fused-ring (bicyclic) bond motifs is 1. The van der Waals surface area contributed by atoms with Crippen molar-refractivity contribution >= 4 is 5.97 Å². The van der Waals surface area contributed by atoms with Crippen LogP contribution in [0.3, 0.4) is 0 Å². The number of rotatable bonds is 6. The first-order chi connectivity index (χ1) is 9.12. The molecule has 1 heterocycles. The molecule has 0 aromatic heterocycles. The standard InChI is InChI=1S/C15H25NO3/c1-5-11(6-2)19-13-9-10(15(17)18-7-3)8-12-14(13)16(12)4/h9,11-14H,5-8H2,1-4H3/t12-,13-,14-,16?/m1/s1. The summed E-state index contributed by atoms with van der Waals surface area (Å²) in [6, 6.07) is 0.891. The van der Waals surface area contributed by atoms with Crippen molar-refractivity contribution in [1.29, 1.82) is 0 Å². The molecule has 1 fully saturated rings. The van der Waals surface area contributed by atoms with Gasteiger partial charge in [0, 0.05) is 11.6 Å². The van der Waals surface area contributed by atoms with E-state index in [1.807, 2.05) is 13.0 Å². The maximum Gasteiger partial charge on any atom is 0.333 e. The number of hydrogen-bond acceptors (Lipinski definition) is 4. The maximum atomic E-state index is 11.9. The number of likely N-dealkylation sites (N-methyl/N-ethyl adjacent to an activating group) is 1. The van der Waals surface area contributed by atoms with Gasteiger partial charge >= 0.3 is 5.97 Å². The predicted molar refractivity (Wildman–Crippen MR) is 73.9 cm³/mol. The smallest absolute Gasteiger partial charge is 0.333 e. The number of esters is 1. The molecule has 4 atom stereocenters. The van der Waals surface area contributed by atoms with Crippen LogP contribution in [0, 0.1) is 0 Å². The van der Waals surface area contributed by atoms with Gasteiger partial charge in [-0.2, -0.15) is 0 Å². The Morgan fingerprint density at radius 1 is 1.42 bits per heavy atom. The van der Waals surface area contributed by atoms with E-state index in [1.54, 1.807) is 0 Å². The average molecular weight is 267 g/mol. The van der Waals surface area contributed by atoms with Crippen molar-refractivity contribution in [3.8, 4) is 0 Å². The number of carbonyl (C=O) groups excluding carboxylic acids is 1. The number of carbonyl (C=O) groups is 1. The molecular formula is C15H25NO3. The first kappa shape index (κ1) is 14.5. The van der Waals surface area contributed by atoms with E-state index in [9.17, 15) is 4.79 Å². The first-order valence-corrected chi connectivity index (χ1v) is 7.37. The third-order valence-electron chi connectivity index (χ3n) is 4.23. The molecule has 0 radical (unpaired) electrons. The minimum Gasteiger partial charge on any atom is -0.463 e. The molecule has 0 aromatic rings. The number of hydrogen-bond donors (Lipinski definition) is 0. The Morgan fingerprint density at radius 3 is 2.68 bits per heavy atom. The summed E-state index contributed by atoms with van der Waals surface area (Å²) < 4.78 is 11.3. The van der Waals surface area contributed by atoms with Crippen molar-refractivity contribution in [1.82, 2.24) is 4.90 Å². The highest BCUT2D eigenvalue weighted by molar-refractivity contribution is 5.89. The van der Waals surface area contributed by atoms with Gasteiger partial charge in [-0.3, -0.25) is 4.90 Å². The van der Waals surface area contributed by atoms with Crippen LogP contribution in [0.1, 0.15) is 40.0 Å². The van der Waals surface area contributed by atoms with E-state index < -0.39 is 0 Å². The number of nitrogens with zero attached hydrogens (tertiary/aromatic N) is 1. The lowest BCUT2D eigenvalue weighted by molar-refractivity contribution is -0.138. The molecule has 0 spiro atoms. The van der Waals surface area contributed by atoms with Crippen molar-refractivity contribution < 1.29 is 14.3 Å². The Kier molecular flexibility index (Phi) is 4.63. The van der Waals surface area contributed by atoms with E-state index in [1.165, 1.54) is 0 Å². The third kappa shape index (κ3) is 3.00. The van der Waals surface area contributed by atoms with Crippen molar-refractivity contribution in [3.05, 3.63) is 11.6 Å². The summed E-state index contributed by atoms with van der Waals surface area (Å²) in [4.78, 5) is 14.2. The molecule has 1 unspecified atom stereocenters. The lowest BCUT2D eigenvalue weighted by Gasteiger charge is -2.24. The summed E-state index contributed by atoms with van der Waals surface area (Å²) in [5, 5.41) is 0. The van der Waals surface area contributed by atoms with Crippen LogP contribution in [0.2, 0.25) is 0 Å². The highest BCUT2D eigenvalue weighted by Crippen LogP contribution is 2.40. The zero-order chi connectivity index (χ0) is 14.0. The van der Waals surface area contributed by atoms with E-state index in [2.05, 4.69) is 25.8 Å². The van der Waals surface area contributed by atoms with Gasteiger partial charge in [-0.05, 0) is 39.3 Å². The summed E-state index contributed by atoms with van der Waals surface area (Å²) >= 11 is 0. The molecule has 1 saturated heterocycles. The summed E-state index contributed by atoms with van der Waals surface area (Å²) in [5.41, 5.74) is 0.781. The molecule has 1 aliphatic heterocycles. The normalized spacial score (nSPS) is 32.8. The van der Waals surface area contributed by atoms with Gasteiger partial charge in [-0.15, -0.1) is 0 Å². The second-order valence-electron chi connectivity index (χ2n) is 5.38. The number of ether oxygens (including phenoxy) is 2. The minimum atomic E-state index is -0.181. The van der Waals surface area contributed by atoms with Crippen molar-refractivity contribution in [2.75, 3.05) is 13.7 Å². The van der Waals surface area contributed by atoms with Crippen molar-refractivity contribution in [2.24, 2.45) is 0 Å². The molecule has 4 nitrogen and oxygen atoms in total. The lowest BCUT2D eigenvalue weighted by Crippen LogP contribution is -2.30. The molecule has 0 bridgehead atoms. The molecule has 2 aliphatic rings. The molecule has 0 amide bonds. The van der Waals surface area contributed by atoms with Crippen LogP contribution >= 0.6 is 0 Å². The quantitative estimate of drug-likeness (QED) is 0.546. The van der Waals surface area contributed by atoms with E-state index >= 15 is 0 Å². The fraction of sp³-hybridized carbons (Fsp3) is 0.800. The molecule has 0 N–H and O–H groups in total. The predicted octanol–water partition coefficient (Wildman–Crippen LogP) is 2.14. The second kappa shape index (κ2) is 6.06. The monoisotopic (exact) mass is 267 g/mol. The Labute approximate surface area is 115 Å². The van der Waals surface area contributed by atoms with E-state index in [0.29, 0.717) is 18.7 Å². The van der Waals surface area contributed by atoms with E-state index in [4.69, 9.17) is 9.47 Å². The highest BCUT2D eigenvalue weighted by Gasteiger charge is 2.53. The van der Waals surface area contributed by atoms with Crippen LogP contribution < -0.4 is 0 Å². The zero-order valence-corrected chi connectivity index (χ0v) is 12.4. The van der Waals surface area contributed by atoms with Crippen LogP contribution in [0.15, 0.2) is 11.6 Å². The molecule has 0 saturated carbocycles. The van der Waals surface area contributed by atoms with E-state index in [-0.39, 0.29) is 18.2 Å². The molecule has 108 valence electrons. The Bertz CT molecular complexity index is 362. The molecular weight excluding hydrogens is 242 g/mol. The van der Waals surface area contributed by atoms with Crippen LogP contribution in [-0.2, 0) is 14.3 Å². The highest BCUT2D eigenvalue weighted by atomic mass is 16.5. The van der Waals surface area contributed by atoms with Crippen LogP contribution in [0.25, 0.3) is 0 Å². The molecule has 1 aliphatic carbocycles. The summed E-state index contributed by atoms with van der Waals surface area (Å²) in [6.07, 6.45) is 5.11. The minimum absolute atomic E-state index is 0.0352. The summed E-state index contributed by atoms with van der Waals surface area (Å²) in [6.45, 7) is 6.55. The molecule has 4 heteroatoms. The lowest BCUT2D eigenvalue weighted by atomic mass is 9.97. The molecule has 2 rings (SSSR count). The summed E-state index contributed by atoms with van der Waals surface area (Å²) in [5.74, 6) is -0.181. The van der Waals surface area contributed by atoms with Crippen molar-refractivity contribution in [3.63, 3.8) is 0 Å². The van der Waals surface area contributed by atoms with Crippen molar-refractivity contribution in [2.45, 2.75) is 64.3 Å². The largest absolute Gasteiger partial charge is 0.463 e.